The fourth-order valence-electron chi connectivity index (χ4n) is 4.47. The molecule has 3 aromatic heterocycles. The van der Waals surface area contributed by atoms with Crippen LogP contribution in [0.4, 0.5) is 11.8 Å². The third kappa shape index (κ3) is 4.62. The van der Waals surface area contributed by atoms with E-state index < -0.39 is 0 Å². The number of hydrogen-bond acceptors (Lipinski definition) is 7. The summed E-state index contributed by atoms with van der Waals surface area (Å²) in [7, 11) is 3.25. The molecule has 0 spiro atoms. The lowest BCUT2D eigenvalue weighted by atomic mass is 10.0. The average Bonchev–Trinajstić information content (AvgIpc) is 3.38. The highest BCUT2D eigenvalue weighted by atomic mass is 35.5. The number of anilines is 2. The zero-order chi connectivity index (χ0) is 26.8. The fraction of sp³-hybridized carbons (Fsp3) is 0.0667. The molecular weight excluding hydrogens is 512 g/mol. The summed E-state index contributed by atoms with van der Waals surface area (Å²) in [4.78, 5) is 13.8. The van der Waals surface area contributed by atoms with E-state index in [-0.39, 0.29) is 0 Å². The molecule has 0 radical (unpaired) electrons. The molecule has 39 heavy (non-hydrogen) atoms. The topological polar surface area (TPSA) is 86.5 Å². The average molecular weight is 535 g/mol. The minimum absolute atomic E-state index is 0.345. The Hall–Kier alpha value is -4.95. The molecule has 192 valence electrons. The predicted molar refractivity (Wildman–Crippen MR) is 153 cm³/mol. The third-order valence-corrected chi connectivity index (χ3v) is 6.45. The van der Waals surface area contributed by atoms with E-state index in [1.807, 2.05) is 84.9 Å². The standard InChI is InChI=1S/C30H23ClN6O2/c1-38-23-15-13-20(14-16-23)25-27(35-30-32-17-22(31)18-33-30)34-28-24(19-9-5-3-6-10-19)26(21-11-7-4-8-12-21)36-37(28)29(25)39-2/h3-18H,1-2H3,(H,32,33,34,35). The van der Waals surface area contributed by atoms with Gasteiger partial charge in [-0.25, -0.2) is 15.0 Å². The van der Waals surface area contributed by atoms with Gasteiger partial charge in [-0.15, -0.1) is 0 Å². The quantitative estimate of drug-likeness (QED) is 0.237. The highest BCUT2D eigenvalue weighted by molar-refractivity contribution is 6.30. The first-order valence-corrected chi connectivity index (χ1v) is 12.5. The number of benzene rings is 3. The Morgan fingerprint density at radius 2 is 1.33 bits per heavy atom. The van der Waals surface area contributed by atoms with Gasteiger partial charge in [-0.2, -0.15) is 9.61 Å². The van der Waals surface area contributed by atoms with Crippen molar-refractivity contribution in [1.82, 2.24) is 24.6 Å². The molecule has 3 aromatic carbocycles. The maximum absolute atomic E-state index is 6.03. The van der Waals surface area contributed by atoms with E-state index in [2.05, 4.69) is 15.3 Å². The van der Waals surface area contributed by atoms with Crippen LogP contribution in [0.1, 0.15) is 0 Å². The van der Waals surface area contributed by atoms with Crippen molar-refractivity contribution in [3.05, 3.63) is 102 Å². The second-order valence-electron chi connectivity index (χ2n) is 8.61. The number of hydrogen-bond donors (Lipinski definition) is 1. The molecule has 0 fully saturated rings. The van der Waals surface area contributed by atoms with Crippen molar-refractivity contribution in [3.8, 4) is 45.1 Å². The minimum Gasteiger partial charge on any atom is -0.497 e. The summed E-state index contributed by atoms with van der Waals surface area (Å²) >= 11 is 6.03. The van der Waals surface area contributed by atoms with Crippen molar-refractivity contribution in [1.29, 1.82) is 0 Å². The number of ether oxygens (including phenoxy) is 2. The van der Waals surface area contributed by atoms with E-state index in [0.717, 1.165) is 33.7 Å². The summed E-state index contributed by atoms with van der Waals surface area (Å²) in [6.07, 6.45) is 3.06. The van der Waals surface area contributed by atoms with Gasteiger partial charge >= 0.3 is 0 Å². The van der Waals surface area contributed by atoms with Crippen molar-refractivity contribution in [3.63, 3.8) is 0 Å². The van der Waals surface area contributed by atoms with Crippen LogP contribution < -0.4 is 14.8 Å². The van der Waals surface area contributed by atoms with Crippen LogP contribution >= 0.6 is 11.6 Å². The van der Waals surface area contributed by atoms with Crippen LogP contribution in [0.2, 0.25) is 5.02 Å². The number of nitrogens with one attached hydrogen (secondary N) is 1. The zero-order valence-electron chi connectivity index (χ0n) is 21.2. The summed E-state index contributed by atoms with van der Waals surface area (Å²) in [5.74, 6) is 2.08. The molecule has 0 aliphatic carbocycles. The number of nitrogens with zero attached hydrogens (tertiary/aromatic N) is 5. The molecule has 0 bridgehead atoms. The largest absolute Gasteiger partial charge is 0.497 e. The maximum Gasteiger partial charge on any atom is 0.228 e. The van der Waals surface area contributed by atoms with Crippen molar-refractivity contribution in [2.24, 2.45) is 0 Å². The van der Waals surface area contributed by atoms with E-state index in [1.165, 1.54) is 12.4 Å². The van der Waals surface area contributed by atoms with Crippen molar-refractivity contribution >= 4 is 29.0 Å². The molecule has 0 saturated heterocycles. The summed E-state index contributed by atoms with van der Waals surface area (Å²) in [5.41, 5.74) is 5.75. The first-order chi connectivity index (χ1) is 19.2. The summed E-state index contributed by atoms with van der Waals surface area (Å²) < 4.78 is 13.2. The van der Waals surface area contributed by atoms with Gasteiger partial charge in [-0.1, -0.05) is 84.4 Å². The molecule has 0 saturated carbocycles. The highest BCUT2D eigenvalue weighted by Gasteiger charge is 2.25. The lowest BCUT2D eigenvalue weighted by molar-refractivity contribution is 0.387. The Morgan fingerprint density at radius 3 is 1.95 bits per heavy atom. The smallest absolute Gasteiger partial charge is 0.228 e. The van der Waals surface area contributed by atoms with Gasteiger partial charge in [0.05, 0.1) is 42.8 Å². The van der Waals surface area contributed by atoms with E-state index in [9.17, 15) is 0 Å². The summed E-state index contributed by atoms with van der Waals surface area (Å²) in [6, 6.07) is 27.8. The second kappa shape index (κ2) is 10.4. The molecule has 0 aliphatic rings. The number of halogens is 1. The first-order valence-electron chi connectivity index (χ1n) is 12.2. The predicted octanol–water partition coefficient (Wildman–Crippen LogP) is 6.93. The van der Waals surface area contributed by atoms with Crippen LogP contribution in [-0.4, -0.2) is 38.8 Å². The number of aromatic nitrogens is 5. The van der Waals surface area contributed by atoms with Gasteiger partial charge in [-0.05, 0) is 23.3 Å². The van der Waals surface area contributed by atoms with Gasteiger partial charge in [0.1, 0.15) is 17.3 Å². The van der Waals surface area contributed by atoms with Crippen LogP contribution in [0.15, 0.2) is 97.3 Å². The SMILES string of the molecule is COc1ccc(-c2c(Nc3ncc(Cl)cn3)nc3c(-c4ccccc4)c(-c4ccccc4)nn3c2OC)cc1. The van der Waals surface area contributed by atoms with Gasteiger partial charge < -0.3 is 14.8 Å². The van der Waals surface area contributed by atoms with E-state index >= 15 is 0 Å². The van der Waals surface area contributed by atoms with Crippen LogP contribution in [0.25, 0.3) is 39.2 Å². The zero-order valence-corrected chi connectivity index (χ0v) is 21.9. The van der Waals surface area contributed by atoms with Crippen molar-refractivity contribution in [2.45, 2.75) is 0 Å². The number of methoxy groups -OCH3 is 2. The molecule has 6 rings (SSSR count). The maximum atomic E-state index is 6.03. The second-order valence-corrected chi connectivity index (χ2v) is 9.05. The Balaban J connectivity index is 1.68. The van der Waals surface area contributed by atoms with E-state index in [1.54, 1.807) is 18.7 Å². The van der Waals surface area contributed by atoms with Crippen LogP contribution in [0, 0.1) is 0 Å². The number of fused-ring (bicyclic) bond motifs is 1. The fourth-order valence-corrected chi connectivity index (χ4v) is 4.57. The van der Waals surface area contributed by atoms with Gasteiger partial charge in [0.15, 0.2) is 5.65 Å². The van der Waals surface area contributed by atoms with Gasteiger partial charge in [0.2, 0.25) is 11.8 Å². The van der Waals surface area contributed by atoms with Gasteiger partial charge in [0.25, 0.3) is 0 Å². The third-order valence-electron chi connectivity index (χ3n) is 6.25. The number of rotatable bonds is 7. The van der Waals surface area contributed by atoms with Crippen LogP contribution in [-0.2, 0) is 0 Å². The Kier molecular flexibility index (Phi) is 6.52. The van der Waals surface area contributed by atoms with E-state index in [0.29, 0.717) is 33.9 Å². The Morgan fingerprint density at radius 1 is 0.718 bits per heavy atom. The van der Waals surface area contributed by atoms with Crippen LogP contribution in [0.5, 0.6) is 11.6 Å². The monoisotopic (exact) mass is 534 g/mol. The Labute approximate surface area is 229 Å². The van der Waals surface area contributed by atoms with Crippen molar-refractivity contribution in [2.75, 3.05) is 19.5 Å². The molecule has 0 atom stereocenters. The molecule has 0 unspecified atom stereocenters. The Bertz CT molecular complexity index is 1740. The van der Waals surface area contributed by atoms with Gasteiger partial charge in [-0.3, -0.25) is 0 Å². The van der Waals surface area contributed by atoms with Crippen molar-refractivity contribution < 1.29 is 9.47 Å². The molecule has 1 N–H and O–H groups in total. The lowest BCUT2D eigenvalue weighted by Gasteiger charge is -2.16. The molecule has 6 aromatic rings. The summed E-state index contributed by atoms with van der Waals surface area (Å²) in [6.45, 7) is 0. The molecule has 0 amide bonds. The normalized spacial score (nSPS) is 10.9. The van der Waals surface area contributed by atoms with Crippen LogP contribution in [0.3, 0.4) is 0 Å². The molecule has 0 aliphatic heterocycles. The van der Waals surface area contributed by atoms with E-state index in [4.69, 9.17) is 31.2 Å². The molecular formula is C30H23ClN6O2. The highest BCUT2D eigenvalue weighted by Crippen LogP contribution is 2.42. The molecule has 3 heterocycles. The minimum atomic E-state index is 0.345. The molecule has 9 heteroatoms. The van der Waals surface area contributed by atoms with Gasteiger partial charge in [0, 0.05) is 5.56 Å². The molecule has 8 nitrogen and oxygen atoms in total. The first kappa shape index (κ1) is 24.4. The summed E-state index contributed by atoms with van der Waals surface area (Å²) in [5, 5.41) is 8.75. The lowest BCUT2D eigenvalue weighted by Crippen LogP contribution is -2.07.